The zero-order valence-electron chi connectivity index (χ0n) is 13.1. The van der Waals surface area contributed by atoms with Crippen LogP contribution in [0.1, 0.15) is 5.56 Å². The van der Waals surface area contributed by atoms with Gasteiger partial charge in [-0.1, -0.05) is 23.7 Å². The molecular formula is C18H14ClN6+. The van der Waals surface area contributed by atoms with Gasteiger partial charge in [-0.05, 0) is 42.5 Å². The first-order chi connectivity index (χ1) is 12.2. The van der Waals surface area contributed by atoms with Crippen molar-refractivity contribution in [1.82, 2.24) is 9.38 Å². The van der Waals surface area contributed by atoms with Gasteiger partial charge in [0.15, 0.2) is 0 Å². The summed E-state index contributed by atoms with van der Waals surface area (Å²) in [6, 6.07) is 17.3. The molecule has 0 aliphatic heterocycles. The zero-order valence-corrected chi connectivity index (χ0v) is 13.9. The number of hydrogen-bond acceptors (Lipinski definition) is 2. The quantitative estimate of drug-likeness (QED) is 0.257. The number of nitrogens with two attached hydrogens (primary N) is 2. The van der Waals surface area contributed by atoms with Crippen LogP contribution in [0.25, 0.3) is 27.8 Å². The van der Waals surface area contributed by atoms with E-state index in [9.17, 15) is 0 Å². The summed E-state index contributed by atoms with van der Waals surface area (Å²) in [7, 11) is 0. The summed E-state index contributed by atoms with van der Waals surface area (Å²) in [6.45, 7) is 0. The molecule has 25 heavy (non-hydrogen) atoms. The minimum Gasteiger partial charge on any atom is -0.360 e. The molecule has 2 aromatic heterocycles. The van der Waals surface area contributed by atoms with Crippen LogP contribution in [0.15, 0.2) is 71.1 Å². The predicted octanol–water partition coefficient (Wildman–Crippen LogP) is 2.64. The molecule has 0 radical (unpaired) electrons. The van der Waals surface area contributed by atoms with E-state index in [1.807, 2.05) is 60.8 Å². The van der Waals surface area contributed by atoms with Crippen LogP contribution in [0, 0.1) is 0 Å². The molecule has 122 valence electrons. The van der Waals surface area contributed by atoms with E-state index >= 15 is 0 Å². The third kappa shape index (κ3) is 2.62. The van der Waals surface area contributed by atoms with Gasteiger partial charge < -0.3 is 10.1 Å². The van der Waals surface area contributed by atoms with E-state index in [0.717, 1.165) is 27.8 Å². The van der Waals surface area contributed by atoms with Crippen LogP contribution in [0.4, 0.5) is 0 Å². The molecule has 0 spiro atoms. The Kier molecular flexibility index (Phi) is 3.66. The lowest BCUT2D eigenvalue weighted by Gasteiger charge is -2.10. The molecular weight excluding hydrogens is 336 g/mol. The van der Waals surface area contributed by atoms with Crippen molar-refractivity contribution in [3.8, 4) is 11.3 Å². The van der Waals surface area contributed by atoms with Gasteiger partial charge in [0.2, 0.25) is 0 Å². The minimum atomic E-state index is 0.239. The molecule has 0 saturated carbocycles. The highest BCUT2D eigenvalue weighted by molar-refractivity contribution is 6.30. The Bertz CT molecular complexity index is 1140. The maximum absolute atomic E-state index is 6.15. The molecule has 0 unspecified atom stereocenters. The van der Waals surface area contributed by atoms with Crippen molar-refractivity contribution >= 4 is 34.0 Å². The highest BCUT2D eigenvalue weighted by Crippen LogP contribution is 2.29. The molecule has 4 rings (SSSR count). The van der Waals surface area contributed by atoms with Crippen LogP contribution in [0.3, 0.4) is 0 Å². The minimum absolute atomic E-state index is 0.239. The lowest BCUT2D eigenvalue weighted by Crippen LogP contribution is -2.23. The summed E-state index contributed by atoms with van der Waals surface area (Å²) >= 11 is 6.15. The van der Waals surface area contributed by atoms with Gasteiger partial charge in [0, 0.05) is 22.3 Å². The molecule has 0 bridgehead atoms. The zero-order chi connectivity index (χ0) is 17.4. The SMILES string of the molecule is N/C(=N\N=[NH2+])c1ccc2c(c1)nc(-c1cccc(Cl)c1)c1cccn12. The van der Waals surface area contributed by atoms with Crippen molar-refractivity contribution in [2.75, 3.05) is 0 Å². The van der Waals surface area contributed by atoms with Crippen LogP contribution in [0.5, 0.6) is 0 Å². The van der Waals surface area contributed by atoms with Crippen molar-refractivity contribution in [1.29, 1.82) is 0 Å². The molecule has 2 heterocycles. The average molecular weight is 350 g/mol. The molecule has 7 heteroatoms. The molecule has 4 N–H and O–H groups in total. The van der Waals surface area contributed by atoms with Gasteiger partial charge in [0.05, 0.1) is 27.3 Å². The molecule has 0 aliphatic rings. The fourth-order valence-electron chi connectivity index (χ4n) is 2.91. The van der Waals surface area contributed by atoms with E-state index in [1.165, 1.54) is 0 Å². The lowest BCUT2D eigenvalue weighted by molar-refractivity contribution is -0.221. The lowest BCUT2D eigenvalue weighted by atomic mass is 10.1. The van der Waals surface area contributed by atoms with Crippen LogP contribution < -0.4 is 11.3 Å². The summed E-state index contributed by atoms with van der Waals surface area (Å²) in [5, 5.41) is 7.59. The summed E-state index contributed by atoms with van der Waals surface area (Å²) in [4.78, 5) is 4.84. The van der Waals surface area contributed by atoms with Crippen LogP contribution in [-0.4, -0.2) is 15.2 Å². The highest BCUT2D eigenvalue weighted by atomic mass is 35.5. The van der Waals surface area contributed by atoms with E-state index in [0.29, 0.717) is 10.6 Å². The third-order valence-electron chi connectivity index (χ3n) is 4.02. The second-order valence-corrected chi connectivity index (χ2v) is 5.97. The summed E-state index contributed by atoms with van der Waals surface area (Å²) in [5.41, 5.74) is 16.2. The Balaban J connectivity index is 2.03. The van der Waals surface area contributed by atoms with Gasteiger partial charge in [0.25, 0.3) is 5.84 Å². The van der Waals surface area contributed by atoms with E-state index in [-0.39, 0.29) is 5.84 Å². The first-order valence-corrected chi connectivity index (χ1v) is 7.95. The van der Waals surface area contributed by atoms with Crippen molar-refractivity contribution in [2.24, 2.45) is 16.1 Å². The monoisotopic (exact) mass is 349 g/mol. The smallest absolute Gasteiger partial charge is 0.273 e. The second-order valence-electron chi connectivity index (χ2n) is 5.54. The molecule has 0 atom stereocenters. The van der Waals surface area contributed by atoms with Crippen LogP contribution >= 0.6 is 11.6 Å². The number of nitrogens with zero attached hydrogens (tertiary/aromatic N) is 4. The summed E-state index contributed by atoms with van der Waals surface area (Å²) < 4.78 is 2.09. The number of fused-ring (bicyclic) bond motifs is 3. The van der Waals surface area contributed by atoms with E-state index in [2.05, 4.69) is 14.7 Å². The van der Waals surface area contributed by atoms with Crippen LogP contribution in [0.2, 0.25) is 5.02 Å². The number of amidine groups is 1. The van der Waals surface area contributed by atoms with E-state index in [1.54, 1.807) is 0 Å². The molecule has 2 aromatic carbocycles. The van der Waals surface area contributed by atoms with Gasteiger partial charge in [-0.2, -0.15) is 5.53 Å². The highest BCUT2D eigenvalue weighted by Gasteiger charge is 2.13. The molecule has 0 amide bonds. The maximum atomic E-state index is 6.15. The Morgan fingerprint density at radius 3 is 2.76 bits per heavy atom. The number of benzene rings is 2. The van der Waals surface area contributed by atoms with Crippen molar-refractivity contribution in [3.05, 3.63) is 71.4 Å². The fraction of sp³-hybridized carbons (Fsp3) is 0. The Morgan fingerprint density at radius 1 is 1.08 bits per heavy atom. The molecule has 6 nitrogen and oxygen atoms in total. The van der Waals surface area contributed by atoms with Crippen LogP contribution in [-0.2, 0) is 0 Å². The Hall–Kier alpha value is -3.25. The first-order valence-electron chi connectivity index (χ1n) is 7.58. The number of rotatable bonds is 3. The molecule has 0 aliphatic carbocycles. The number of aromatic nitrogens is 2. The van der Waals surface area contributed by atoms with Gasteiger partial charge in [-0.25, -0.2) is 4.98 Å². The molecule has 0 fully saturated rings. The fourth-order valence-corrected chi connectivity index (χ4v) is 3.10. The average Bonchev–Trinajstić information content (AvgIpc) is 3.10. The third-order valence-corrected chi connectivity index (χ3v) is 4.25. The number of halogens is 1. The van der Waals surface area contributed by atoms with Crippen molar-refractivity contribution in [3.63, 3.8) is 0 Å². The summed E-state index contributed by atoms with van der Waals surface area (Å²) in [6.07, 6.45) is 2.00. The van der Waals surface area contributed by atoms with Gasteiger partial charge >= 0.3 is 0 Å². The van der Waals surface area contributed by atoms with Crippen molar-refractivity contribution < 1.29 is 5.53 Å². The first kappa shape index (κ1) is 15.3. The standard InChI is InChI=1S/C18H13ClN6/c19-13-4-1-3-11(9-13)17-16-5-2-8-25(16)15-7-6-12(10-14(15)22-17)18(20)23-24-21/h1-10H,(H3,20,21,23)/p+1. The molecule has 4 aromatic rings. The largest absolute Gasteiger partial charge is 0.360 e. The Morgan fingerprint density at radius 2 is 1.96 bits per heavy atom. The predicted molar refractivity (Wildman–Crippen MR) is 98.2 cm³/mol. The van der Waals surface area contributed by atoms with Gasteiger partial charge in [-0.15, -0.1) is 0 Å². The topological polar surface area (TPSA) is 93.6 Å². The Labute approximate surface area is 148 Å². The van der Waals surface area contributed by atoms with E-state index < -0.39 is 0 Å². The van der Waals surface area contributed by atoms with Gasteiger partial charge in [-0.3, -0.25) is 0 Å². The van der Waals surface area contributed by atoms with Crippen molar-refractivity contribution in [2.45, 2.75) is 0 Å². The molecule has 0 saturated heterocycles. The van der Waals surface area contributed by atoms with Gasteiger partial charge in [0.1, 0.15) is 5.22 Å². The number of hydrogen-bond donors (Lipinski definition) is 2. The van der Waals surface area contributed by atoms with E-state index in [4.69, 9.17) is 27.8 Å². The normalized spacial score (nSPS) is 12.0. The maximum Gasteiger partial charge on any atom is 0.273 e. The second kappa shape index (κ2) is 5.99. The summed E-state index contributed by atoms with van der Waals surface area (Å²) in [5.74, 6) is 0.239.